The van der Waals surface area contributed by atoms with Gasteiger partial charge in [0.1, 0.15) is 5.75 Å². The van der Waals surface area contributed by atoms with Gasteiger partial charge >= 0.3 is 5.97 Å². The molecule has 2 fully saturated rings. The number of benzene rings is 2. The van der Waals surface area contributed by atoms with Crippen LogP contribution in [0, 0.1) is 11.8 Å². The molecule has 0 saturated heterocycles. The fourth-order valence-corrected chi connectivity index (χ4v) is 4.22. The van der Waals surface area contributed by atoms with Crippen molar-refractivity contribution in [3.05, 3.63) is 65.7 Å². The van der Waals surface area contributed by atoms with E-state index >= 15 is 0 Å². The van der Waals surface area contributed by atoms with Crippen molar-refractivity contribution in [3.8, 4) is 5.75 Å². The number of para-hydroxylation sites is 1. The third kappa shape index (κ3) is 4.09. The first-order valence-corrected chi connectivity index (χ1v) is 9.72. The molecule has 4 rings (SSSR count). The molecule has 4 atom stereocenters. The first-order valence-electron chi connectivity index (χ1n) is 9.72. The molecule has 3 heteroatoms. The van der Waals surface area contributed by atoms with Crippen molar-refractivity contribution < 1.29 is 14.6 Å². The summed E-state index contributed by atoms with van der Waals surface area (Å²) < 4.78 is 6.10. The third-order valence-corrected chi connectivity index (χ3v) is 5.93. The number of aryl methyl sites for hydroxylation is 1. The summed E-state index contributed by atoms with van der Waals surface area (Å²) in [4.78, 5) is 10.9. The summed E-state index contributed by atoms with van der Waals surface area (Å²) in [6.07, 6.45) is 6.52. The van der Waals surface area contributed by atoms with Crippen LogP contribution in [-0.4, -0.2) is 17.2 Å². The molecule has 0 bridgehead atoms. The molecule has 2 aliphatic rings. The van der Waals surface area contributed by atoms with Gasteiger partial charge in [-0.3, -0.25) is 4.79 Å². The average Bonchev–Trinajstić information content (AvgIpc) is 3.31. The summed E-state index contributed by atoms with van der Waals surface area (Å²) in [5, 5.41) is 8.98. The van der Waals surface area contributed by atoms with Gasteiger partial charge in [-0.05, 0) is 73.6 Å². The van der Waals surface area contributed by atoms with Crippen LogP contribution >= 0.6 is 0 Å². The molecule has 3 nitrogen and oxygen atoms in total. The maximum atomic E-state index is 10.9. The Morgan fingerprint density at radius 3 is 2.46 bits per heavy atom. The first-order chi connectivity index (χ1) is 12.7. The molecule has 0 heterocycles. The average molecular weight is 350 g/mol. The van der Waals surface area contributed by atoms with E-state index < -0.39 is 5.97 Å². The van der Waals surface area contributed by atoms with Crippen LogP contribution in [0.15, 0.2) is 54.6 Å². The predicted octanol–water partition coefficient (Wildman–Crippen LogP) is 5.06. The molecule has 1 N–H and O–H groups in total. The molecule has 0 spiro atoms. The van der Waals surface area contributed by atoms with Gasteiger partial charge in [-0.15, -0.1) is 0 Å². The Kier molecular flexibility index (Phi) is 4.96. The maximum absolute atomic E-state index is 10.9. The van der Waals surface area contributed by atoms with Crippen molar-refractivity contribution in [2.45, 2.75) is 50.5 Å². The molecule has 1 unspecified atom stereocenters. The number of rotatable bonds is 7. The zero-order valence-electron chi connectivity index (χ0n) is 15.0. The summed E-state index contributed by atoms with van der Waals surface area (Å²) in [6, 6.07) is 19.0. The van der Waals surface area contributed by atoms with Crippen molar-refractivity contribution in [2.75, 3.05) is 0 Å². The summed E-state index contributed by atoms with van der Waals surface area (Å²) in [5.41, 5.74) is 2.72. The lowest BCUT2D eigenvalue weighted by molar-refractivity contribution is -0.138. The van der Waals surface area contributed by atoms with E-state index in [9.17, 15) is 4.79 Å². The number of aliphatic carboxylic acids is 1. The zero-order valence-corrected chi connectivity index (χ0v) is 15.0. The van der Waals surface area contributed by atoms with Gasteiger partial charge < -0.3 is 9.84 Å². The van der Waals surface area contributed by atoms with Gasteiger partial charge in [-0.25, -0.2) is 0 Å². The topological polar surface area (TPSA) is 46.5 Å². The van der Waals surface area contributed by atoms with E-state index in [0.29, 0.717) is 17.9 Å². The van der Waals surface area contributed by atoms with Gasteiger partial charge in [0.05, 0.1) is 12.0 Å². The van der Waals surface area contributed by atoms with Gasteiger partial charge in [0.25, 0.3) is 0 Å². The number of ether oxygens (including phenoxy) is 1. The molecule has 26 heavy (non-hydrogen) atoms. The molecule has 2 aromatic rings. The molecular formula is C23H26O3. The van der Waals surface area contributed by atoms with Crippen molar-refractivity contribution >= 4 is 5.97 Å². The maximum Gasteiger partial charge on any atom is 0.306 e. The summed E-state index contributed by atoms with van der Waals surface area (Å²) >= 11 is 0. The Morgan fingerprint density at radius 1 is 1.00 bits per heavy atom. The monoisotopic (exact) mass is 350 g/mol. The molecule has 2 saturated carbocycles. The second kappa shape index (κ2) is 7.53. The molecule has 0 aromatic heterocycles. The van der Waals surface area contributed by atoms with Crippen molar-refractivity contribution in [1.82, 2.24) is 0 Å². The number of hydrogen-bond donors (Lipinski definition) is 1. The smallest absolute Gasteiger partial charge is 0.306 e. The molecule has 2 aliphatic carbocycles. The largest absolute Gasteiger partial charge is 0.490 e. The lowest BCUT2D eigenvalue weighted by Crippen LogP contribution is -2.11. The van der Waals surface area contributed by atoms with E-state index in [1.807, 2.05) is 30.3 Å². The fourth-order valence-electron chi connectivity index (χ4n) is 4.22. The summed E-state index contributed by atoms with van der Waals surface area (Å²) in [6.45, 7) is 0. The minimum absolute atomic E-state index is 0.0886. The Bertz CT molecular complexity index is 738. The Balaban J connectivity index is 1.27. The Hall–Kier alpha value is -2.29. The third-order valence-electron chi connectivity index (χ3n) is 5.93. The molecule has 0 radical (unpaired) electrons. The number of carboxylic acid groups (broad SMARTS) is 1. The molecule has 136 valence electrons. The minimum Gasteiger partial charge on any atom is -0.490 e. The zero-order chi connectivity index (χ0) is 17.9. The number of carboxylic acids is 1. The summed E-state index contributed by atoms with van der Waals surface area (Å²) in [7, 11) is 0. The normalized spacial score (nSPS) is 27.2. The predicted molar refractivity (Wildman–Crippen MR) is 101 cm³/mol. The van der Waals surface area contributed by atoms with Crippen LogP contribution in [-0.2, 0) is 11.2 Å². The van der Waals surface area contributed by atoms with Gasteiger partial charge in [0.15, 0.2) is 0 Å². The Labute approximate surface area is 155 Å². The van der Waals surface area contributed by atoms with Gasteiger partial charge in [0, 0.05) is 0 Å². The van der Waals surface area contributed by atoms with Gasteiger partial charge in [-0.2, -0.15) is 0 Å². The number of carbonyl (C=O) groups is 1. The lowest BCUT2D eigenvalue weighted by atomic mass is 9.95. The van der Waals surface area contributed by atoms with Crippen LogP contribution in [0.25, 0.3) is 0 Å². The van der Waals surface area contributed by atoms with Crippen LogP contribution < -0.4 is 4.74 Å². The van der Waals surface area contributed by atoms with E-state index in [-0.39, 0.29) is 5.92 Å². The van der Waals surface area contributed by atoms with Crippen LogP contribution in [0.5, 0.6) is 5.75 Å². The van der Waals surface area contributed by atoms with Gasteiger partial charge in [-0.1, -0.05) is 42.5 Å². The van der Waals surface area contributed by atoms with E-state index in [0.717, 1.165) is 37.9 Å². The van der Waals surface area contributed by atoms with E-state index in [4.69, 9.17) is 9.84 Å². The molecular weight excluding hydrogens is 324 g/mol. The highest BCUT2D eigenvalue weighted by Gasteiger charge is 2.42. The Morgan fingerprint density at radius 2 is 1.77 bits per heavy atom. The first kappa shape index (κ1) is 17.1. The van der Waals surface area contributed by atoms with E-state index in [1.165, 1.54) is 17.5 Å². The molecule has 0 aliphatic heterocycles. The highest BCUT2D eigenvalue weighted by molar-refractivity contribution is 5.73. The van der Waals surface area contributed by atoms with E-state index in [1.54, 1.807) is 0 Å². The van der Waals surface area contributed by atoms with E-state index in [2.05, 4.69) is 24.3 Å². The molecule has 0 amide bonds. The lowest BCUT2D eigenvalue weighted by Gasteiger charge is -2.14. The summed E-state index contributed by atoms with van der Waals surface area (Å²) in [5.74, 6) is 1.22. The molecule has 2 aromatic carbocycles. The fraction of sp³-hybridized carbons (Fsp3) is 0.435. The van der Waals surface area contributed by atoms with Crippen LogP contribution in [0.3, 0.4) is 0 Å². The van der Waals surface area contributed by atoms with Crippen LogP contribution in [0.4, 0.5) is 0 Å². The van der Waals surface area contributed by atoms with Crippen LogP contribution in [0.1, 0.15) is 49.1 Å². The van der Waals surface area contributed by atoms with Crippen LogP contribution in [0.2, 0.25) is 0 Å². The van der Waals surface area contributed by atoms with Crippen molar-refractivity contribution in [1.29, 1.82) is 0 Å². The highest BCUT2D eigenvalue weighted by Crippen LogP contribution is 2.42. The number of hydrogen-bond acceptors (Lipinski definition) is 2. The van der Waals surface area contributed by atoms with Gasteiger partial charge in [0.2, 0.25) is 0 Å². The SMILES string of the molecule is O=C(O)[C@@H]1C[C@H]1CCc1ccc(C2CC[C@H](Oc3ccccc3)C2)cc1. The van der Waals surface area contributed by atoms with Crippen molar-refractivity contribution in [2.24, 2.45) is 11.8 Å². The quantitative estimate of drug-likeness (QED) is 0.759. The second-order valence-corrected chi connectivity index (χ2v) is 7.78. The highest BCUT2D eigenvalue weighted by atomic mass is 16.5. The van der Waals surface area contributed by atoms with Crippen molar-refractivity contribution in [3.63, 3.8) is 0 Å². The second-order valence-electron chi connectivity index (χ2n) is 7.78. The minimum atomic E-state index is -0.626. The standard InChI is InChI=1S/C23H26O3/c24-23(25)22-15-19(22)11-8-16-6-9-17(10-7-16)18-12-13-21(14-18)26-20-4-2-1-3-5-20/h1-7,9-10,18-19,21-22H,8,11-15H2,(H,24,25)/t18?,19-,21+,22-/m1/s1.